The average Bonchev–Trinajstić information content (AvgIpc) is 3.69. The molecule has 11 aromatic rings. The molecule has 0 unspecified atom stereocenters. The summed E-state index contributed by atoms with van der Waals surface area (Å²) in [7, 11) is 0. The second-order valence-electron chi connectivity index (χ2n) is 17.8. The Bertz CT molecular complexity index is 3300. The first-order valence-corrected chi connectivity index (χ1v) is 27.9. The van der Waals surface area contributed by atoms with Crippen LogP contribution in [0, 0.1) is 233 Å². The Kier molecular flexibility index (Phi) is 44.5. The number of nitrogens with zero attached hydrogens (tertiary/aromatic N) is 1. The van der Waals surface area contributed by atoms with Crippen molar-refractivity contribution in [1.82, 2.24) is 0 Å². The van der Waals surface area contributed by atoms with E-state index in [1.807, 2.05) is 104 Å². The Morgan fingerprint density at radius 2 is 0.365 bits per heavy atom. The van der Waals surface area contributed by atoms with E-state index in [4.69, 9.17) is 17.2 Å². The molecule has 6 N–H and O–H groups in total. The second kappa shape index (κ2) is 45.4. The molecule has 0 aliphatic rings. The summed E-state index contributed by atoms with van der Waals surface area (Å²) in [4.78, 5) is 2.25. The van der Waals surface area contributed by atoms with Gasteiger partial charge in [-0.05, 0) is 176 Å². The van der Waals surface area contributed by atoms with E-state index >= 15 is 0 Å². The van der Waals surface area contributed by atoms with Crippen LogP contribution in [0.3, 0.4) is 0 Å². The summed E-state index contributed by atoms with van der Waals surface area (Å²) in [6.45, 7) is 18.1. The first-order valence-electron chi connectivity index (χ1n) is 27.9. The topological polar surface area (TPSA) is 81.3 Å². The zero-order valence-corrected chi connectivity index (χ0v) is 54.0. The van der Waals surface area contributed by atoms with Crippen molar-refractivity contribution < 1.29 is 226 Å². The normalized spacial score (nSPS) is 9.28. The fourth-order valence-electron chi connectivity index (χ4n) is 8.87. The Morgan fingerprint density at radius 3 is 0.612 bits per heavy atom. The van der Waals surface area contributed by atoms with Gasteiger partial charge in [0.2, 0.25) is 0 Å². The van der Waals surface area contributed by atoms with E-state index in [-0.39, 0.29) is 226 Å². The van der Waals surface area contributed by atoms with Crippen LogP contribution in [-0.2, 0) is 0 Å². The van der Waals surface area contributed by atoms with Crippen molar-refractivity contribution in [3.8, 4) is 77.9 Å². The summed E-state index contributed by atoms with van der Waals surface area (Å²) in [5, 5.41) is 0. The monoisotopic (exact) mass is 1270 g/mol. The van der Waals surface area contributed by atoms with Crippen LogP contribution in [0.2, 0.25) is 0 Å². The predicted molar refractivity (Wildman–Crippen MR) is 349 cm³/mol. The third kappa shape index (κ3) is 24.7. The van der Waals surface area contributed by atoms with E-state index in [9.17, 15) is 0 Å². The van der Waals surface area contributed by atoms with E-state index in [2.05, 4.69) is 236 Å². The van der Waals surface area contributed by atoms with Crippen LogP contribution in [0.15, 0.2) is 273 Å². The van der Waals surface area contributed by atoms with Crippen molar-refractivity contribution in [2.45, 2.75) is 62.3 Å². The maximum atomic E-state index is 5.98. The Hall–Kier alpha value is -1.82. The number of benzene rings is 11. The molecule has 0 aliphatic heterocycles. The number of aryl methyl sites for hydroxylation is 1. The first kappa shape index (κ1) is 83.2. The van der Waals surface area contributed by atoms with Crippen LogP contribution in [0.5, 0.6) is 0 Å². The van der Waals surface area contributed by atoms with Gasteiger partial charge in [-0.3, -0.25) is 0 Å². The van der Waals surface area contributed by atoms with Crippen LogP contribution < -0.4 is 22.1 Å². The smallest absolute Gasteiger partial charge is 0.0463 e. The molecular weight excluding hydrogens is 1200 g/mol. The number of nitrogen functional groups attached to an aromatic ring is 3. The van der Waals surface area contributed by atoms with Crippen LogP contribution in [0.4, 0.5) is 34.1 Å². The van der Waals surface area contributed by atoms with Gasteiger partial charge in [0.25, 0.3) is 0 Å². The maximum Gasteiger partial charge on any atom is 0.0463 e. The van der Waals surface area contributed by atoms with E-state index in [1.165, 1.54) is 66.8 Å². The molecule has 11 rings (SSSR count). The standard InChI is InChI=1S/C37H30N2.C30H24N2.4C2H6.6Ar/c1-25-2-4-26(5-3-25)27-6-10-30(11-7-27)33-22-34(24-35(23-33)32-16-20-37(39)21-17-32)31-12-8-28(9-13-31)29-14-18-36(38)19-15-29;31-27-15-21-30(22-16-27)32(28-17-11-25(12-18-28)23-7-3-1-4-8-23)29-19-13-26(14-20-29)24-9-5-2-6-10-24;4*1-2;;;;;;/h2-24H,38-39H2,1H3;1-22H,31H2;4*1-2H3;;;;;;. The predicted octanol–water partition coefficient (Wildman–Crippen LogP) is 21.7. The summed E-state index contributed by atoms with van der Waals surface area (Å²) in [5.74, 6) is 0. The molecule has 0 bridgehead atoms. The molecule has 0 amide bonds. The minimum atomic E-state index is 0. The average molecular weight is 1280 g/mol. The summed E-state index contributed by atoms with van der Waals surface area (Å²) in [6, 6.07) is 95.4. The van der Waals surface area contributed by atoms with Gasteiger partial charge in [0.05, 0.1) is 0 Å². The number of hydrogen-bond acceptors (Lipinski definition) is 4. The largest absolute Gasteiger partial charge is 0.399 e. The molecule has 0 spiro atoms. The summed E-state index contributed by atoms with van der Waals surface area (Å²) < 4.78 is 0. The van der Waals surface area contributed by atoms with Crippen molar-refractivity contribution in [3.05, 3.63) is 279 Å². The van der Waals surface area contributed by atoms with Crippen LogP contribution in [0.1, 0.15) is 61.0 Å². The summed E-state index contributed by atoms with van der Waals surface area (Å²) in [6.07, 6.45) is 0. The quantitative estimate of drug-likeness (QED) is 0.119. The molecule has 4 nitrogen and oxygen atoms in total. The van der Waals surface area contributed by atoms with Gasteiger partial charge >= 0.3 is 0 Å². The van der Waals surface area contributed by atoms with E-state index in [1.54, 1.807) is 0 Å². The minimum Gasteiger partial charge on any atom is -0.399 e. The first-order chi connectivity index (χ1) is 38.8. The van der Waals surface area contributed by atoms with Crippen molar-refractivity contribution >= 4 is 34.1 Å². The van der Waals surface area contributed by atoms with Crippen molar-refractivity contribution in [2.24, 2.45) is 0 Å². The molecule has 85 heavy (non-hydrogen) atoms. The molecule has 0 atom stereocenters. The van der Waals surface area contributed by atoms with Gasteiger partial charge in [-0.2, -0.15) is 0 Å². The van der Waals surface area contributed by atoms with Crippen LogP contribution in [-0.4, -0.2) is 0 Å². The number of anilines is 6. The van der Waals surface area contributed by atoms with Gasteiger partial charge in [-0.1, -0.05) is 243 Å². The van der Waals surface area contributed by atoms with Crippen molar-refractivity contribution in [2.75, 3.05) is 22.1 Å². The Morgan fingerprint density at radius 1 is 0.200 bits per heavy atom. The fourth-order valence-corrected chi connectivity index (χ4v) is 8.87. The molecule has 0 aliphatic carbocycles. The number of nitrogens with two attached hydrogens (primary N) is 3. The van der Waals surface area contributed by atoms with Crippen LogP contribution >= 0.6 is 0 Å². The van der Waals surface area contributed by atoms with Gasteiger partial charge in [-0.15, -0.1) is 0 Å². The molecule has 0 saturated carbocycles. The van der Waals surface area contributed by atoms with Gasteiger partial charge in [-0.25, -0.2) is 0 Å². The molecular formula is C75H78Ar6N4. The number of rotatable bonds is 10. The minimum absolute atomic E-state index is 0. The molecule has 10 heteroatoms. The molecule has 0 radical (unpaired) electrons. The zero-order chi connectivity index (χ0) is 56.5. The van der Waals surface area contributed by atoms with Gasteiger partial charge in [0.1, 0.15) is 0 Å². The molecule has 0 fully saturated rings. The zero-order valence-electron chi connectivity index (χ0n) is 49.8. The molecule has 446 valence electrons. The Balaban J connectivity index is 0.00000141. The fraction of sp³-hybridized carbons (Fsp3) is 0.120. The van der Waals surface area contributed by atoms with E-state index < -0.39 is 0 Å². The third-order valence-electron chi connectivity index (χ3n) is 12.9. The van der Waals surface area contributed by atoms with E-state index in [0.717, 1.165) is 50.8 Å². The van der Waals surface area contributed by atoms with Crippen molar-refractivity contribution in [1.29, 1.82) is 0 Å². The number of hydrogen-bond donors (Lipinski definition) is 3. The summed E-state index contributed by atoms with van der Waals surface area (Å²) in [5.41, 5.74) is 41.2. The molecule has 11 aromatic carbocycles. The second-order valence-corrected chi connectivity index (χ2v) is 17.8. The van der Waals surface area contributed by atoms with E-state index in [0.29, 0.717) is 0 Å². The van der Waals surface area contributed by atoms with Gasteiger partial charge in [0, 0.05) is 261 Å². The molecule has 0 aromatic heterocycles. The SMILES string of the molecule is CC.CC.CC.CC.Cc1ccc(-c2ccc(-c3cc(-c4ccc(N)cc4)cc(-c4ccc(-c5ccc(N)cc5)cc4)c3)cc2)cc1.Nc1ccc(N(c2ccc(-c3ccccc3)cc2)c2ccc(-c3ccccc3)cc2)cc1.[Ar].[Ar].[Ar].[Ar].[Ar].[Ar]. The maximum absolute atomic E-state index is 5.98. The molecule has 0 heterocycles. The van der Waals surface area contributed by atoms with Crippen molar-refractivity contribution in [3.63, 3.8) is 0 Å². The van der Waals surface area contributed by atoms with Crippen LogP contribution in [0.25, 0.3) is 77.9 Å². The summed E-state index contributed by atoms with van der Waals surface area (Å²) >= 11 is 0. The third-order valence-corrected chi connectivity index (χ3v) is 12.9. The van der Waals surface area contributed by atoms with Gasteiger partial charge in [0.15, 0.2) is 0 Å². The van der Waals surface area contributed by atoms with Gasteiger partial charge < -0.3 is 22.1 Å². The molecule has 0 saturated heterocycles. The Labute approximate surface area is 689 Å².